The van der Waals surface area contributed by atoms with Crippen molar-refractivity contribution in [1.29, 1.82) is 0 Å². The minimum absolute atomic E-state index is 0.0502. The Bertz CT molecular complexity index is 495. The van der Waals surface area contributed by atoms with Crippen molar-refractivity contribution in [2.75, 3.05) is 0 Å². The van der Waals surface area contributed by atoms with E-state index in [1.54, 1.807) is 0 Å². The van der Waals surface area contributed by atoms with Crippen molar-refractivity contribution < 1.29 is 29.4 Å². The number of carbonyl (C=O) groups is 4. The lowest BCUT2D eigenvalue weighted by molar-refractivity contribution is -0.142. The summed E-state index contributed by atoms with van der Waals surface area (Å²) in [7, 11) is 0. The van der Waals surface area contributed by atoms with Crippen LogP contribution in [-0.4, -0.2) is 52.1 Å². The standard InChI is InChI=1S/C17H31N3O6/c1-4-5-6-12(17(25)26)20-15(22)13(9-10(2)3)19-14(21)8-7-11(18)16(23)24/h10-13H,4-9,18H2,1-3H3,(H,19,21)(H,20,22)(H,23,24)(H,25,26)/t11-,12-,13-/m0/s1. The minimum Gasteiger partial charge on any atom is -0.480 e. The molecule has 0 aromatic rings. The summed E-state index contributed by atoms with van der Waals surface area (Å²) in [6.07, 6.45) is 1.93. The summed E-state index contributed by atoms with van der Waals surface area (Å²) >= 11 is 0. The summed E-state index contributed by atoms with van der Waals surface area (Å²) < 4.78 is 0. The number of aliphatic carboxylic acids is 2. The zero-order valence-corrected chi connectivity index (χ0v) is 15.7. The third-order valence-corrected chi connectivity index (χ3v) is 3.82. The molecule has 0 bridgehead atoms. The Morgan fingerprint density at radius 1 is 0.962 bits per heavy atom. The van der Waals surface area contributed by atoms with Crippen molar-refractivity contribution in [3.05, 3.63) is 0 Å². The van der Waals surface area contributed by atoms with E-state index in [0.29, 0.717) is 19.3 Å². The van der Waals surface area contributed by atoms with Crippen molar-refractivity contribution >= 4 is 23.8 Å². The highest BCUT2D eigenvalue weighted by Crippen LogP contribution is 2.08. The number of rotatable bonds is 13. The summed E-state index contributed by atoms with van der Waals surface area (Å²) in [5.74, 6) is -3.28. The largest absolute Gasteiger partial charge is 0.480 e. The Morgan fingerprint density at radius 3 is 2.04 bits per heavy atom. The summed E-state index contributed by atoms with van der Waals surface area (Å²) in [5.41, 5.74) is 5.36. The molecule has 0 aliphatic carbocycles. The zero-order chi connectivity index (χ0) is 20.3. The Hall–Kier alpha value is -2.16. The third kappa shape index (κ3) is 9.97. The smallest absolute Gasteiger partial charge is 0.326 e. The van der Waals surface area contributed by atoms with Gasteiger partial charge in [-0.1, -0.05) is 33.6 Å². The van der Waals surface area contributed by atoms with E-state index in [4.69, 9.17) is 10.8 Å². The van der Waals surface area contributed by atoms with E-state index in [0.717, 1.165) is 6.42 Å². The molecule has 0 aliphatic heterocycles. The van der Waals surface area contributed by atoms with Gasteiger partial charge in [-0.25, -0.2) is 4.79 Å². The van der Waals surface area contributed by atoms with Gasteiger partial charge in [0, 0.05) is 6.42 Å². The second-order valence-corrected chi connectivity index (χ2v) is 6.77. The van der Waals surface area contributed by atoms with Crippen molar-refractivity contribution in [3.8, 4) is 0 Å². The van der Waals surface area contributed by atoms with E-state index in [9.17, 15) is 24.3 Å². The molecule has 3 atom stereocenters. The first-order valence-corrected chi connectivity index (χ1v) is 8.89. The molecule has 0 radical (unpaired) electrons. The van der Waals surface area contributed by atoms with Crippen molar-refractivity contribution in [3.63, 3.8) is 0 Å². The molecule has 150 valence electrons. The van der Waals surface area contributed by atoms with Crippen LogP contribution in [0.4, 0.5) is 0 Å². The van der Waals surface area contributed by atoms with Gasteiger partial charge in [0.15, 0.2) is 0 Å². The van der Waals surface area contributed by atoms with Gasteiger partial charge < -0.3 is 26.6 Å². The number of carbonyl (C=O) groups excluding carboxylic acids is 2. The second kappa shape index (κ2) is 12.2. The van der Waals surface area contributed by atoms with Crippen molar-refractivity contribution in [2.24, 2.45) is 11.7 Å². The Morgan fingerprint density at radius 2 is 1.58 bits per heavy atom. The van der Waals surface area contributed by atoms with Crippen molar-refractivity contribution in [2.45, 2.75) is 77.4 Å². The maximum absolute atomic E-state index is 12.4. The lowest BCUT2D eigenvalue weighted by Crippen LogP contribution is -2.52. The summed E-state index contributed by atoms with van der Waals surface area (Å²) in [6, 6.07) is -3.04. The Kier molecular flexibility index (Phi) is 11.2. The van der Waals surface area contributed by atoms with Crippen LogP contribution < -0.4 is 16.4 Å². The molecule has 0 saturated heterocycles. The predicted molar refractivity (Wildman–Crippen MR) is 95.3 cm³/mol. The number of hydrogen-bond acceptors (Lipinski definition) is 5. The van der Waals surface area contributed by atoms with Gasteiger partial charge in [0.1, 0.15) is 18.1 Å². The third-order valence-electron chi connectivity index (χ3n) is 3.82. The van der Waals surface area contributed by atoms with Gasteiger partial charge in [0.05, 0.1) is 0 Å². The molecule has 9 heteroatoms. The number of carboxylic acid groups (broad SMARTS) is 2. The first kappa shape index (κ1) is 23.8. The summed E-state index contributed by atoms with van der Waals surface area (Å²) in [5, 5.41) is 23.0. The molecule has 0 aromatic carbocycles. The van der Waals surface area contributed by atoms with Gasteiger partial charge in [-0.3, -0.25) is 14.4 Å². The molecule has 6 N–H and O–H groups in total. The summed E-state index contributed by atoms with van der Waals surface area (Å²) in [6.45, 7) is 5.67. The fraction of sp³-hybridized carbons (Fsp3) is 0.765. The highest BCUT2D eigenvalue weighted by Gasteiger charge is 2.27. The molecule has 9 nitrogen and oxygen atoms in total. The molecule has 0 aliphatic rings. The molecule has 0 spiro atoms. The first-order chi connectivity index (χ1) is 12.1. The molecular weight excluding hydrogens is 342 g/mol. The average Bonchev–Trinajstić information content (AvgIpc) is 2.54. The SMILES string of the molecule is CCCC[C@H](NC(=O)[C@H](CC(C)C)NC(=O)CC[C@H](N)C(=O)O)C(=O)O. The number of hydrogen-bond donors (Lipinski definition) is 5. The molecule has 2 amide bonds. The molecule has 0 unspecified atom stereocenters. The monoisotopic (exact) mass is 373 g/mol. The van der Waals surface area contributed by atoms with E-state index in [2.05, 4.69) is 10.6 Å². The van der Waals surface area contributed by atoms with Crippen LogP contribution >= 0.6 is 0 Å². The van der Waals surface area contributed by atoms with Gasteiger partial charge >= 0.3 is 11.9 Å². The number of nitrogens with two attached hydrogens (primary N) is 1. The van der Waals surface area contributed by atoms with Gasteiger partial charge in [0.2, 0.25) is 11.8 Å². The highest BCUT2D eigenvalue weighted by atomic mass is 16.4. The quantitative estimate of drug-likeness (QED) is 0.314. The second-order valence-electron chi connectivity index (χ2n) is 6.77. The van der Waals surface area contributed by atoms with E-state index in [1.807, 2.05) is 20.8 Å². The number of amides is 2. The molecule has 0 heterocycles. The van der Waals surface area contributed by atoms with Gasteiger partial charge in [-0.2, -0.15) is 0 Å². The minimum atomic E-state index is -1.20. The molecular formula is C17H31N3O6. The lowest BCUT2D eigenvalue weighted by Gasteiger charge is -2.23. The topological polar surface area (TPSA) is 159 Å². The van der Waals surface area contributed by atoms with E-state index >= 15 is 0 Å². The molecule has 0 fully saturated rings. The van der Waals surface area contributed by atoms with Crippen LogP contribution in [0.25, 0.3) is 0 Å². The van der Waals surface area contributed by atoms with E-state index in [-0.39, 0.29) is 18.8 Å². The summed E-state index contributed by atoms with van der Waals surface area (Å²) in [4.78, 5) is 46.4. The zero-order valence-electron chi connectivity index (χ0n) is 15.7. The average molecular weight is 373 g/mol. The normalized spacial score (nSPS) is 14.3. The van der Waals surface area contributed by atoms with Gasteiger partial charge in [0.25, 0.3) is 0 Å². The highest BCUT2D eigenvalue weighted by molar-refractivity contribution is 5.90. The van der Waals surface area contributed by atoms with Crippen LogP contribution in [0, 0.1) is 5.92 Å². The van der Waals surface area contributed by atoms with E-state index < -0.39 is 41.9 Å². The number of nitrogens with one attached hydrogen (secondary N) is 2. The van der Waals surface area contributed by atoms with Crippen LogP contribution in [0.1, 0.15) is 59.3 Å². The van der Waals surface area contributed by atoms with Crippen LogP contribution in [0.5, 0.6) is 0 Å². The van der Waals surface area contributed by atoms with Crippen molar-refractivity contribution in [1.82, 2.24) is 10.6 Å². The molecule has 0 aromatic heterocycles. The first-order valence-electron chi connectivity index (χ1n) is 8.89. The fourth-order valence-electron chi connectivity index (χ4n) is 2.32. The van der Waals surface area contributed by atoms with Gasteiger partial charge in [-0.15, -0.1) is 0 Å². The molecule has 26 heavy (non-hydrogen) atoms. The Labute approximate surface area is 153 Å². The van der Waals surface area contributed by atoms with E-state index in [1.165, 1.54) is 0 Å². The molecule has 0 saturated carbocycles. The van der Waals surface area contributed by atoms with Gasteiger partial charge in [-0.05, 0) is 25.2 Å². The van der Waals surface area contributed by atoms with Crippen LogP contribution in [-0.2, 0) is 19.2 Å². The number of unbranched alkanes of at least 4 members (excludes halogenated alkanes) is 1. The van der Waals surface area contributed by atoms with Crippen LogP contribution in [0.15, 0.2) is 0 Å². The predicted octanol–water partition coefficient (Wildman–Crippen LogP) is 0.469. The fourth-order valence-corrected chi connectivity index (χ4v) is 2.32. The van der Waals surface area contributed by atoms with Crippen LogP contribution in [0.3, 0.4) is 0 Å². The lowest BCUT2D eigenvalue weighted by atomic mass is 10.0. The Balaban J connectivity index is 4.84. The molecule has 0 rings (SSSR count). The number of carboxylic acids is 2. The maximum atomic E-state index is 12.4. The van der Waals surface area contributed by atoms with Crippen LogP contribution in [0.2, 0.25) is 0 Å². The maximum Gasteiger partial charge on any atom is 0.326 e.